The van der Waals surface area contributed by atoms with Gasteiger partial charge in [0.1, 0.15) is 0 Å². The maximum Gasteiger partial charge on any atom is 0.254 e. The average Bonchev–Trinajstić information content (AvgIpc) is 3.22. The molecule has 3 aromatic carbocycles. The fraction of sp³-hybridized carbons (Fsp3) is 0.346. The van der Waals surface area contributed by atoms with Crippen LogP contribution in [0.2, 0.25) is 0 Å². The molecule has 1 atom stereocenters. The Morgan fingerprint density at radius 3 is 2.41 bits per heavy atom. The molecule has 1 heterocycles. The van der Waals surface area contributed by atoms with E-state index in [1.807, 2.05) is 36.2 Å². The van der Waals surface area contributed by atoms with Crippen molar-refractivity contribution in [2.75, 3.05) is 20.1 Å². The van der Waals surface area contributed by atoms with Gasteiger partial charge in [0.25, 0.3) is 5.91 Å². The van der Waals surface area contributed by atoms with Crippen LogP contribution in [-0.2, 0) is 12.8 Å². The molecule has 2 aliphatic rings. The van der Waals surface area contributed by atoms with Gasteiger partial charge in [-0.05, 0) is 60.2 Å². The highest BCUT2D eigenvalue weighted by Crippen LogP contribution is 2.29. The lowest BCUT2D eigenvalue weighted by Gasteiger charge is -2.40. The second-order valence-corrected chi connectivity index (χ2v) is 8.56. The molecule has 3 nitrogen and oxygen atoms in total. The van der Waals surface area contributed by atoms with Crippen LogP contribution in [0, 0.1) is 0 Å². The minimum absolute atomic E-state index is 0.142. The summed E-state index contributed by atoms with van der Waals surface area (Å²) in [7, 11) is 1.99. The van der Waals surface area contributed by atoms with Crippen molar-refractivity contribution in [3.8, 4) is 0 Å². The van der Waals surface area contributed by atoms with Crippen molar-refractivity contribution in [3.05, 3.63) is 83.4 Å². The smallest absolute Gasteiger partial charge is 0.254 e. The predicted molar refractivity (Wildman–Crippen MR) is 118 cm³/mol. The van der Waals surface area contributed by atoms with E-state index < -0.39 is 0 Å². The van der Waals surface area contributed by atoms with Crippen molar-refractivity contribution >= 4 is 16.7 Å². The fourth-order valence-electron chi connectivity index (χ4n) is 5.19. The first-order valence-corrected chi connectivity index (χ1v) is 10.8. The number of amides is 1. The van der Waals surface area contributed by atoms with Crippen molar-refractivity contribution in [1.82, 2.24) is 9.80 Å². The molecule has 5 rings (SSSR count). The molecule has 29 heavy (non-hydrogen) atoms. The maximum atomic E-state index is 13.4. The molecule has 0 radical (unpaired) electrons. The van der Waals surface area contributed by atoms with Crippen LogP contribution in [0.25, 0.3) is 10.8 Å². The Balaban J connectivity index is 1.32. The number of benzene rings is 3. The molecule has 0 spiro atoms. The van der Waals surface area contributed by atoms with Gasteiger partial charge in [0.05, 0.1) is 0 Å². The summed E-state index contributed by atoms with van der Waals surface area (Å²) in [4.78, 5) is 18.0. The third-order valence-corrected chi connectivity index (χ3v) is 6.86. The molecule has 3 heteroatoms. The van der Waals surface area contributed by atoms with Gasteiger partial charge >= 0.3 is 0 Å². The first kappa shape index (κ1) is 18.4. The summed E-state index contributed by atoms with van der Waals surface area (Å²) >= 11 is 0. The van der Waals surface area contributed by atoms with E-state index in [4.69, 9.17) is 0 Å². The minimum Gasteiger partial charge on any atom is -0.337 e. The lowest BCUT2D eigenvalue weighted by Crippen LogP contribution is -2.51. The normalized spacial score (nSPS) is 20.0. The van der Waals surface area contributed by atoms with Crippen LogP contribution in [0.4, 0.5) is 0 Å². The van der Waals surface area contributed by atoms with E-state index in [2.05, 4.69) is 47.4 Å². The number of piperidine rings is 1. The summed E-state index contributed by atoms with van der Waals surface area (Å²) in [5, 5.41) is 2.17. The van der Waals surface area contributed by atoms with Gasteiger partial charge in [-0.2, -0.15) is 0 Å². The van der Waals surface area contributed by atoms with Crippen molar-refractivity contribution in [1.29, 1.82) is 0 Å². The monoisotopic (exact) mass is 384 g/mol. The van der Waals surface area contributed by atoms with E-state index in [0.717, 1.165) is 55.1 Å². The number of carbonyl (C=O) groups excluding carboxylic acids is 1. The molecule has 1 amide bonds. The lowest BCUT2D eigenvalue weighted by atomic mass is 9.99. The topological polar surface area (TPSA) is 23.6 Å². The van der Waals surface area contributed by atoms with Crippen LogP contribution < -0.4 is 0 Å². The lowest BCUT2D eigenvalue weighted by molar-refractivity contribution is 0.0557. The predicted octanol–water partition coefficient (Wildman–Crippen LogP) is 4.54. The third kappa shape index (κ3) is 3.44. The van der Waals surface area contributed by atoms with Crippen LogP contribution >= 0.6 is 0 Å². The molecule has 1 aliphatic heterocycles. The number of rotatable bonds is 3. The summed E-state index contributed by atoms with van der Waals surface area (Å²) in [5.41, 5.74) is 3.82. The Labute approximate surface area is 172 Å². The number of likely N-dealkylation sites (tertiary alicyclic amines) is 1. The standard InChI is InChI=1S/C26H28N2O/c1-27(26(29)25-14-6-11-19-8-4-5-13-24(19)25)22-12-7-15-28(18-22)23-16-20-9-2-3-10-21(20)17-23/h2-6,8-11,13-14,22-23H,7,12,15-18H2,1H3/t22-/m1/s1. The second-order valence-electron chi connectivity index (χ2n) is 8.56. The van der Waals surface area contributed by atoms with Gasteiger partial charge < -0.3 is 4.90 Å². The molecular weight excluding hydrogens is 356 g/mol. The van der Waals surface area contributed by atoms with E-state index >= 15 is 0 Å². The first-order valence-electron chi connectivity index (χ1n) is 10.8. The van der Waals surface area contributed by atoms with Crippen molar-refractivity contribution in [2.45, 2.75) is 37.8 Å². The zero-order chi connectivity index (χ0) is 19.8. The number of hydrogen-bond acceptors (Lipinski definition) is 2. The number of nitrogens with zero attached hydrogens (tertiary/aromatic N) is 2. The summed E-state index contributed by atoms with van der Waals surface area (Å²) in [5.74, 6) is 0.142. The van der Waals surface area contributed by atoms with E-state index in [1.165, 1.54) is 11.1 Å². The van der Waals surface area contributed by atoms with Gasteiger partial charge in [0, 0.05) is 31.2 Å². The Bertz CT molecular complexity index is 1010. The maximum absolute atomic E-state index is 13.4. The van der Waals surface area contributed by atoms with Gasteiger partial charge in [-0.25, -0.2) is 0 Å². The average molecular weight is 385 g/mol. The van der Waals surface area contributed by atoms with Gasteiger partial charge in [0.15, 0.2) is 0 Å². The molecule has 1 fully saturated rings. The quantitative estimate of drug-likeness (QED) is 0.662. The highest BCUT2D eigenvalue weighted by Gasteiger charge is 2.33. The summed E-state index contributed by atoms with van der Waals surface area (Å²) in [6.45, 7) is 2.12. The van der Waals surface area contributed by atoms with Crippen molar-refractivity contribution < 1.29 is 4.79 Å². The number of fused-ring (bicyclic) bond motifs is 2. The molecule has 0 saturated carbocycles. The summed E-state index contributed by atoms with van der Waals surface area (Å²) < 4.78 is 0. The molecule has 1 aliphatic carbocycles. The van der Waals surface area contributed by atoms with Gasteiger partial charge in [0.2, 0.25) is 0 Å². The fourth-order valence-corrected chi connectivity index (χ4v) is 5.19. The highest BCUT2D eigenvalue weighted by atomic mass is 16.2. The second kappa shape index (κ2) is 7.64. The number of hydrogen-bond donors (Lipinski definition) is 0. The number of likely N-dealkylation sites (N-methyl/N-ethyl adjacent to an activating group) is 1. The Morgan fingerprint density at radius 1 is 0.931 bits per heavy atom. The minimum atomic E-state index is 0.142. The highest BCUT2D eigenvalue weighted by molar-refractivity contribution is 6.07. The van der Waals surface area contributed by atoms with Gasteiger partial charge in [-0.1, -0.05) is 60.7 Å². The van der Waals surface area contributed by atoms with Gasteiger partial charge in [-0.15, -0.1) is 0 Å². The molecule has 148 valence electrons. The molecule has 3 aromatic rings. The van der Waals surface area contributed by atoms with E-state index in [0.29, 0.717) is 6.04 Å². The molecule has 0 N–H and O–H groups in total. The Kier molecular flexibility index (Phi) is 4.84. The summed E-state index contributed by atoms with van der Waals surface area (Å²) in [6, 6.07) is 23.9. The Hall–Kier alpha value is -2.65. The van der Waals surface area contributed by atoms with Crippen LogP contribution in [0.15, 0.2) is 66.7 Å². The van der Waals surface area contributed by atoms with Crippen LogP contribution in [0.5, 0.6) is 0 Å². The van der Waals surface area contributed by atoms with E-state index in [9.17, 15) is 4.79 Å². The largest absolute Gasteiger partial charge is 0.337 e. The number of carbonyl (C=O) groups is 1. The van der Waals surface area contributed by atoms with Crippen molar-refractivity contribution in [3.63, 3.8) is 0 Å². The molecule has 0 aromatic heterocycles. The molecule has 0 unspecified atom stereocenters. The van der Waals surface area contributed by atoms with E-state index in [1.54, 1.807) is 0 Å². The molecule has 0 bridgehead atoms. The van der Waals surface area contributed by atoms with E-state index in [-0.39, 0.29) is 11.9 Å². The third-order valence-electron chi connectivity index (χ3n) is 6.86. The molecule has 1 saturated heterocycles. The molecular formula is C26H28N2O. The summed E-state index contributed by atoms with van der Waals surface area (Å²) in [6.07, 6.45) is 4.53. The zero-order valence-corrected chi connectivity index (χ0v) is 17.1. The van der Waals surface area contributed by atoms with Crippen LogP contribution in [0.3, 0.4) is 0 Å². The zero-order valence-electron chi connectivity index (χ0n) is 17.1. The van der Waals surface area contributed by atoms with Crippen LogP contribution in [0.1, 0.15) is 34.3 Å². The SMILES string of the molecule is CN(C(=O)c1cccc2ccccc12)[C@@H]1CCCN(C2Cc3ccccc3C2)C1. The van der Waals surface area contributed by atoms with Gasteiger partial charge in [-0.3, -0.25) is 9.69 Å². The van der Waals surface area contributed by atoms with Crippen LogP contribution in [-0.4, -0.2) is 47.9 Å². The Morgan fingerprint density at radius 2 is 1.62 bits per heavy atom. The van der Waals surface area contributed by atoms with Crippen molar-refractivity contribution in [2.24, 2.45) is 0 Å². The first-order chi connectivity index (χ1) is 14.2.